The van der Waals surface area contributed by atoms with Crippen molar-refractivity contribution >= 4 is 27.3 Å². The Hall–Kier alpha value is -3.73. The number of anilines is 2. The number of alkyl halides is 3. The van der Waals surface area contributed by atoms with Crippen LogP contribution >= 0.6 is 0 Å². The zero-order valence-corrected chi connectivity index (χ0v) is 17.2. The van der Waals surface area contributed by atoms with Gasteiger partial charge in [0.25, 0.3) is 5.91 Å². The van der Waals surface area contributed by atoms with E-state index in [1.165, 1.54) is 6.07 Å². The standard InChI is InChI=1S/C21H15F3N2O5S/c1-32(28,29)26-14-5-2-12(3-6-14)13-4-8-18-16(10-13)20(27)25-17-11-15(31-21(22,23)24)7-9-19(17)30-18/h2-11,26H,1H3,(H,25,27). The molecular formula is C21H15F3N2O5S. The molecule has 0 unspecified atom stereocenters. The summed E-state index contributed by atoms with van der Waals surface area (Å²) < 4.78 is 72.1. The van der Waals surface area contributed by atoms with E-state index in [0.717, 1.165) is 18.4 Å². The van der Waals surface area contributed by atoms with Gasteiger partial charge in [-0.2, -0.15) is 0 Å². The van der Waals surface area contributed by atoms with Crippen LogP contribution in [-0.4, -0.2) is 26.9 Å². The highest BCUT2D eigenvalue weighted by atomic mass is 32.2. The molecule has 0 aliphatic carbocycles. The van der Waals surface area contributed by atoms with Gasteiger partial charge in [-0.15, -0.1) is 13.2 Å². The number of amides is 1. The molecule has 1 amide bonds. The first-order chi connectivity index (χ1) is 15.0. The van der Waals surface area contributed by atoms with Crippen molar-refractivity contribution < 1.29 is 35.9 Å². The van der Waals surface area contributed by atoms with Crippen LogP contribution in [0.15, 0.2) is 60.7 Å². The molecule has 3 aromatic rings. The molecule has 0 spiro atoms. The summed E-state index contributed by atoms with van der Waals surface area (Å²) in [4.78, 5) is 12.7. The third kappa shape index (κ3) is 4.94. The van der Waals surface area contributed by atoms with E-state index >= 15 is 0 Å². The maximum absolute atomic E-state index is 12.7. The summed E-state index contributed by atoms with van der Waals surface area (Å²) in [5.41, 5.74) is 1.96. The van der Waals surface area contributed by atoms with Crippen LogP contribution in [0.4, 0.5) is 24.5 Å². The summed E-state index contributed by atoms with van der Waals surface area (Å²) in [5.74, 6) is -0.671. The molecule has 11 heteroatoms. The van der Waals surface area contributed by atoms with Crippen LogP contribution in [-0.2, 0) is 10.0 Å². The zero-order chi connectivity index (χ0) is 23.1. The molecular weight excluding hydrogens is 449 g/mol. The monoisotopic (exact) mass is 464 g/mol. The van der Waals surface area contributed by atoms with Gasteiger partial charge in [0.2, 0.25) is 10.0 Å². The first-order valence-electron chi connectivity index (χ1n) is 9.08. The van der Waals surface area contributed by atoms with Crippen LogP contribution < -0.4 is 19.5 Å². The molecule has 0 fully saturated rings. The number of carbonyl (C=O) groups is 1. The van der Waals surface area contributed by atoms with Gasteiger partial charge >= 0.3 is 6.36 Å². The Morgan fingerprint density at radius 2 is 1.59 bits per heavy atom. The molecule has 2 N–H and O–H groups in total. The Bertz CT molecular complexity index is 1310. The maximum Gasteiger partial charge on any atom is 0.573 e. The Morgan fingerprint density at radius 3 is 2.25 bits per heavy atom. The molecule has 1 aliphatic rings. The molecule has 0 radical (unpaired) electrons. The number of rotatable bonds is 4. The van der Waals surface area contributed by atoms with Crippen molar-refractivity contribution in [2.45, 2.75) is 6.36 Å². The number of fused-ring (bicyclic) bond motifs is 2. The summed E-state index contributed by atoms with van der Waals surface area (Å²) in [6, 6.07) is 14.8. The van der Waals surface area contributed by atoms with Gasteiger partial charge in [-0.1, -0.05) is 18.2 Å². The number of hydrogen-bond donors (Lipinski definition) is 2. The molecule has 0 atom stereocenters. The number of ether oxygens (including phenoxy) is 2. The van der Waals surface area contributed by atoms with E-state index in [-0.39, 0.29) is 22.7 Å². The van der Waals surface area contributed by atoms with Crippen molar-refractivity contribution in [1.82, 2.24) is 0 Å². The number of halogens is 3. The highest BCUT2D eigenvalue weighted by Crippen LogP contribution is 2.40. The molecule has 0 saturated heterocycles. The molecule has 166 valence electrons. The van der Waals surface area contributed by atoms with E-state index in [2.05, 4.69) is 14.8 Å². The lowest BCUT2D eigenvalue weighted by Gasteiger charge is -2.12. The van der Waals surface area contributed by atoms with Gasteiger partial charge in [0, 0.05) is 11.8 Å². The first kappa shape index (κ1) is 21.5. The molecule has 7 nitrogen and oxygen atoms in total. The Labute approximate surface area is 180 Å². The zero-order valence-electron chi connectivity index (χ0n) is 16.4. The topological polar surface area (TPSA) is 93.7 Å². The third-order valence-corrected chi connectivity index (χ3v) is 5.00. The molecule has 0 bridgehead atoms. The van der Waals surface area contributed by atoms with Crippen LogP contribution in [0.25, 0.3) is 11.1 Å². The van der Waals surface area contributed by atoms with Gasteiger partial charge in [0.1, 0.15) is 11.5 Å². The average Bonchev–Trinajstić information content (AvgIpc) is 2.81. The molecule has 3 aromatic carbocycles. The van der Waals surface area contributed by atoms with Crippen molar-refractivity contribution in [3.8, 4) is 28.4 Å². The molecule has 32 heavy (non-hydrogen) atoms. The largest absolute Gasteiger partial charge is 0.573 e. The van der Waals surface area contributed by atoms with Gasteiger partial charge < -0.3 is 14.8 Å². The van der Waals surface area contributed by atoms with Crippen molar-refractivity contribution in [3.05, 3.63) is 66.2 Å². The van der Waals surface area contributed by atoms with E-state index in [1.807, 2.05) is 0 Å². The van der Waals surface area contributed by atoms with E-state index < -0.39 is 28.0 Å². The van der Waals surface area contributed by atoms with Gasteiger partial charge in [-0.05, 0) is 47.5 Å². The minimum atomic E-state index is -4.87. The quantitative estimate of drug-likeness (QED) is 0.568. The molecule has 1 aliphatic heterocycles. The number of sulfonamides is 1. The number of benzene rings is 3. The molecule has 0 saturated carbocycles. The SMILES string of the molecule is CS(=O)(=O)Nc1ccc(-c2ccc3c(c2)C(=O)Nc2cc(OC(F)(F)F)ccc2O3)cc1. The van der Waals surface area contributed by atoms with Gasteiger partial charge in [-0.25, -0.2) is 8.42 Å². The summed E-state index contributed by atoms with van der Waals surface area (Å²) in [5, 5.41) is 2.53. The van der Waals surface area contributed by atoms with Crippen molar-refractivity contribution in [2.75, 3.05) is 16.3 Å². The Balaban J connectivity index is 1.62. The highest BCUT2D eigenvalue weighted by Gasteiger charge is 2.32. The van der Waals surface area contributed by atoms with E-state index in [4.69, 9.17) is 4.74 Å². The van der Waals surface area contributed by atoms with Crippen LogP contribution in [0, 0.1) is 0 Å². The summed E-state index contributed by atoms with van der Waals surface area (Å²) >= 11 is 0. The fourth-order valence-corrected chi connectivity index (χ4v) is 3.69. The Morgan fingerprint density at radius 1 is 0.938 bits per heavy atom. The van der Waals surface area contributed by atoms with Crippen LogP contribution in [0.5, 0.6) is 17.2 Å². The smallest absolute Gasteiger partial charge is 0.454 e. The summed E-state index contributed by atoms with van der Waals surface area (Å²) in [7, 11) is -3.41. The van der Waals surface area contributed by atoms with Crippen molar-refractivity contribution in [3.63, 3.8) is 0 Å². The second-order valence-electron chi connectivity index (χ2n) is 6.92. The predicted octanol–water partition coefficient (Wildman–Crippen LogP) is 4.98. The number of hydrogen-bond acceptors (Lipinski definition) is 5. The number of nitrogens with one attached hydrogen (secondary N) is 2. The van der Waals surface area contributed by atoms with Crippen LogP contribution in [0.3, 0.4) is 0 Å². The summed E-state index contributed by atoms with van der Waals surface area (Å²) in [6.45, 7) is 0. The lowest BCUT2D eigenvalue weighted by atomic mass is 10.0. The number of carbonyl (C=O) groups excluding carboxylic acids is 1. The van der Waals surface area contributed by atoms with Crippen LogP contribution in [0.1, 0.15) is 10.4 Å². The summed E-state index contributed by atoms with van der Waals surface area (Å²) in [6.07, 6.45) is -3.82. The molecule has 1 heterocycles. The fraction of sp³-hybridized carbons (Fsp3) is 0.0952. The highest BCUT2D eigenvalue weighted by molar-refractivity contribution is 7.92. The normalized spacial score (nSPS) is 13.2. The predicted molar refractivity (Wildman–Crippen MR) is 111 cm³/mol. The third-order valence-electron chi connectivity index (χ3n) is 4.40. The van der Waals surface area contributed by atoms with Gasteiger partial charge in [0.15, 0.2) is 5.75 Å². The molecule has 0 aromatic heterocycles. The van der Waals surface area contributed by atoms with E-state index in [1.54, 1.807) is 42.5 Å². The van der Waals surface area contributed by atoms with E-state index in [9.17, 15) is 26.4 Å². The van der Waals surface area contributed by atoms with Gasteiger partial charge in [0.05, 0.1) is 17.5 Å². The van der Waals surface area contributed by atoms with Gasteiger partial charge in [-0.3, -0.25) is 9.52 Å². The van der Waals surface area contributed by atoms with E-state index in [0.29, 0.717) is 16.8 Å². The van der Waals surface area contributed by atoms with Crippen molar-refractivity contribution in [1.29, 1.82) is 0 Å². The first-order valence-corrected chi connectivity index (χ1v) is 11.0. The second-order valence-corrected chi connectivity index (χ2v) is 8.67. The minimum absolute atomic E-state index is 0.0331. The fourth-order valence-electron chi connectivity index (χ4n) is 3.12. The lowest BCUT2D eigenvalue weighted by molar-refractivity contribution is -0.274. The lowest BCUT2D eigenvalue weighted by Crippen LogP contribution is -2.17. The minimum Gasteiger partial charge on any atom is -0.454 e. The average molecular weight is 464 g/mol. The second kappa shape index (κ2) is 7.75. The maximum atomic E-state index is 12.7. The Kier molecular flexibility index (Phi) is 5.21. The van der Waals surface area contributed by atoms with Crippen molar-refractivity contribution in [2.24, 2.45) is 0 Å². The van der Waals surface area contributed by atoms with Crippen LogP contribution in [0.2, 0.25) is 0 Å². The molecule has 4 rings (SSSR count).